The predicted octanol–water partition coefficient (Wildman–Crippen LogP) is 2.85. The number of benzene rings is 2. The van der Waals surface area contributed by atoms with E-state index in [4.69, 9.17) is 0 Å². The Morgan fingerprint density at radius 1 is 1.08 bits per heavy atom. The molecule has 2 aromatic carbocycles. The molecule has 0 bridgehead atoms. The van der Waals surface area contributed by atoms with E-state index >= 15 is 0 Å². The zero-order valence-corrected chi connectivity index (χ0v) is 15.2. The molecule has 0 spiro atoms. The summed E-state index contributed by atoms with van der Waals surface area (Å²) >= 11 is 1.73. The van der Waals surface area contributed by atoms with Gasteiger partial charge in [0, 0.05) is 17.9 Å². The van der Waals surface area contributed by atoms with Crippen molar-refractivity contribution >= 4 is 33.4 Å². The van der Waals surface area contributed by atoms with Crippen molar-refractivity contribution in [2.75, 3.05) is 17.2 Å². The average molecular weight is 364 g/mol. The van der Waals surface area contributed by atoms with Crippen LogP contribution in [-0.2, 0) is 22.3 Å². The number of carbonyl (C=O) groups is 1. The predicted molar refractivity (Wildman–Crippen MR) is 99.7 cm³/mol. The van der Waals surface area contributed by atoms with Crippen molar-refractivity contribution in [2.45, 2.75) is 12.3 Å². The molecule has 0 unspecified atom stereocenters. The van der Waals surface area contributed by atoms with Crippen molar-refractivity contribution in [2.24, 2.45) is 0 Å². The highest BCUT2D eigenvalue weighted by atomic mass is 32.2. The van der Waals surface area contributed by atoms with E-state index in [0.29, 0.717) is 16.8 Å². The molecule has 0 atom stereocenters. The number of hydrogen-bond acceptors (Lipinski definition) is 4. The second kappa shape index (κ2) is 8.21. The summed E-state index contributed by atoms with van der Waals surface area (Å²) in [7, 11) is -3.37. The van der Waals surface area contributed by atoms with E-state index in [1.165, 1.54) is 5.56 Å². The lowest BCUT2D eigenvalue weighted by Crippen LogP contribution is -2.23. The van der Waals surface area contributed by atoms with Crippen molar-refractivity contribution in [1.29, 1.82) is 0 Å². The van der Waals surface area contributed by atoms with Gasteiger partial charge < -0.3 is 5.32 Å². The molecule has 0 radical (unpaired) electrons. The van der Waals surface area contributed by atoms with Gasteiger partial charge in [-0.25, -0.2) is 8.42 Å². The zero-order chi connectivity index (χ0) is 17.6. The van der Waals surface area contributed by atoms with Crippen LogP contribution >= 0.6 is 11.8 Å². The van der Waals surface area contributed by atoms with Crippen LogP contribution in [0.15, 0.2) is 48.5 Å². The van der Waals surface area contributed by atoms with Crippen LogP contribution in [0.2, 0.25) is 0 Å². The van der Waals surface area contributed by atoms with Crippen LogP contribution in [-0.4, -0.2) is 26.8 Å². The number of nitrogens with one attached hydrogen (secondary N) is 2. The van der Waals surface area contributed by atoms with Crippen molar-refractivity contribution in [3.05, 3.63) is 65.2 Å². The largest absolute Gasteiger partial charge is 0.348 e. The number of hydrogen-bond donors (Lipinski definition) is 2. The minimum absolute atomic E-state index is 0.195. The third kappa shape index (κ3) is 5.58. The van der Waals surface area contributed by atoms with E-state index in [0.717, 1.165) is 12.0 Å². The summed E-state index contributed by atoms with van der Waals surface area (Å²) < 4.78 is 25.2. The summed E-state index contributed by atoms with van der Waals surface area (Å²) in [6.07, 6.45) is 3.13. The van der Waals surface area contributed by atoms with Crippen LogP contribution in [0.1, 0.15) is 21.5 Å². The normalized spacial score (nSPS) is 11.1. The first-order chi connectivity index (χ1) is 11.4. The second-order valence-corrected chi connectivity index (χ2v) is 7.96. The minimum atomic E-state index is -3.37. The number of amides is 1. The summed E-state index contributed by atoms with van der Waals surface area (Å²) in [4.78, 5) is 12.2. The first kappa shape index (κ1) is 18.4. The molecule has 2 aromatic rings. The fourth-order valence-electron chi connectivity index (χ4n) is 2.17. The van der Waals surface area contributed by atoms with Gasteiger partial charge in [0.25, 0.3) is 5.91 Å². The maximum absolute atomic E-state index is 12.2. The first-order valence-corrected chi connectivity index (χ1v) is 10.6. The zero-order valence-electron chi connectivity index (χ0n) is 13.6. The van der Waals surface area contributed by atoms with Crippen LogP contribution in [0.4, 0.5) is 5.69 Å². The fourth-order valence-corrected chi connectivity index (χ4v) is 3.29. The third-order valence-electron chi connectivity index (χ3n) is 3.28. The Bertz CT molecular complexity index is 803. The smallest absolute Gasteiger partial charge is 0.251 e. The molecule has 2 N–H and O–H groups in total. The summed E-state index contributed by atoms with van der Waals surface area (Å²) in [5.74, 6) is 0.715. The van der Waals surface area contributed by atoms with Gasteiger partial charge in [-0.1, -0.05) is 30.3 Å². The molecule has 0 aliphatic heterocycles. The van der Waals surface area contributed by atoms with Crippen molar-refractivity contribution in [3.8, 4) is 0 Å². The Morgan fingerprint density at radius 3 is 2.38 bits per heavy atom. The topological polar surface area (TPSA) is 75.3 Å². The van der Waals surface area contributed by atoms with Gasteiger partial charge in [-0.05, 0) is 35.6 Å². The van der Waals surface area contributed by atoms with Crippen molar-refractivity contribution in [1.82, 2.24) is 5.32 Å². The van der Waals surface area contributed by atoms with Gasteiger partial charge in [0.05, 0.1) is 11.9 Å². The number of anilines is 1. The molecule has 0 aliphatic carbocycles. The summed E-state index contributed by atoms with van der Waals surface area (Å²) in [6.45, 7) is 0.240. The maximum atomic E-state index is 12.2. The Balaban J connectivity index is 2.04. The molecule has 0 aromatic heterocycles. The molecule has 5 nitrogen and oxygen atoms in total. The van der Waals surface area contributed by atoms with E-state index < -0.39 is 10.0 Å². The molecule has 0 heterocycles. The molecule has 0 saturated heterocycles. The molecule has 0 saturated carbocycles. The lowest BCUT2D eigenvalue weighted by molar-refractivity contribution is 0.0951. The quantitative estimate of drug-likeness (QED) is 0.792. The summed E-state index contributed by atoms with van der Waals surface area (Å²) in [5.41, 5.74) is 2.92. The Kier molecular flexibility index (Phi) is 6.28. The molecular formula is C17H20N2O3S2. The van der Waals surface area contributed by atoms with Gasteiger partial charge in [-0.3, -0.25) is 9.52 Å². The monoisotopic (exact) mass is 364 g/mol. The molecule has 1 amide bonds. The van der Waals surface area contributed by atoms with Gasteiger partial charge >= 0.3 is 0 Å². The van der Waals surface area contributed by atoms with E-state index in [2.05, 4.69) is 10.0 Å². The number of thioether (sulfide) groups is 1. The van der Waals surface area contributed by atoms with E-state index in [9.17, 15) is 13.2 Å². The number of para-hydroxylation sites is 1. The lowest BCUT2D eigenvalue weighted by Gasteiger charge is -2.11. The van der Waals surface area contributed by atoms with E-state index in [-0.39, 0.29) is 12.5 Å². The van der Waals surface area contributed by atoms with Gasteiger partial charge in [-0.2, -0.15) is 11.8 Å². The van der Waals surface area contributed by atoms with Crippen molar-refractivity contribution < 1.29 is 13.2 Å². The average Bonchev–Trinajstić information content (AvgIpc) is 2.53. The SMILES string of the molecule is CSCc1ccc(C(=O)NCc2ccccc2NS(C)(=O)=O)cc1. The molecule has 24 heavy (non-hydrogen) atoms. The highest BCUT2D eigenvalue weighted by Crippen LogP contribution is 2.16. The number of rotatable bonds is 7. The highest BCUT2D eigenvalue weighted by molar-refractivity contribution is 7.97. The minimum Gasteiger partial charge on any atom is -0.348 e. The lowest BCUT2D eigenvalue weighted by atomic mass is 10.1. The Hall–Kier alpha value is -1.99. The summed E-state index contributed by atoms with van der Waals surface area (Å²) in [5, 5.41) is 2.81. The van der Waals surface area contributed by atoms with Crippen LogP contribution < -0.4 is 10.0 Å². The standard InChI is InChI=1S/C17H20N2O3S2/c1-23-12-13-7-9-14(10-8-13)17(20)18-11-15-5-3-4-6-16(15)19-24(2,21)22/h3-10,19H,11-12H2,1-2H3,(H,18,20). The van der Waals surface area contributed by atoms with Crippen LogP contribution in [0, 0.1) is 0 Å². The first-order valence-electron chi connectivity index (χ1n) is 7.31. The molecule has 2 rings (SSSR count). The molecule has 7 heteroatoms. The van der Waals surface area contributed by atoms with E-state index in [1.54, 1.807) is 48.2 Å². The second-order valence-electron chi connectivity index (χ2n) is 5.34. The van der Waals surface area contributed by atoms with Gasteiger partial charge in [0.15, 0.2) is 0 Å². The van der Waals surface area contributed by atoms with Gasteiger partial charge in [-0.15, -0.1) is 0 Å². The fraction of sp³-hybridized carbons (Fsp3) is 0.235. The maximum Gasteiger partial charge on any atom is 0.251 e. The van der Waals surface area contributed by atoms with E-state index in [1.807, 2.05) is 18.4 Å². The van der Waals surface area contributed by atoms with Gasteiger partial charge in [0.1, 0.15) is 0 Å². The van der Waals surface area contributed by atoms with Crippen LogP contribution in [0.5, 0.6) is 0 Å². The third-order valence-corrected chi connectivity index (χ3v) is 4.49. The molecule has 128 valence electrons. The number of carbonyl (C=O) groups excluding carboxylic acids is 1. The van der Waals surface area contributed by atoms with Gasteiger partial charge in [0.2, 0.25) is 10.0 Å². The Morgan fingerprint density at radius 2 is 1.75 bits per heavy atom. The van der Waals surface area contributed by atoms with Crippen LogP contribution in [0.3, 0.4) is 0 Å². The number of sulfonamides is 1. The highest BCUT2D eigenvalue weighted by Gasteiger charge is 2.09. The Labute approximate surface area is 146 Å². The van der Waals surface area contributed by atoms with Crippen molar-refractivity contribution in [3.63, 3.8) is 0 Å². The molecular weight excluding hydrogens is 344 g/mol. The molecule has 0 aliphatic rings. The summed E-state index contributed by atoms with van der Waals surface area (Å²) in [6, 6.07) is 14.4. The molecule has 0 fully saturated rings. The van der Waals surface area contributed by atoms with Crippen LogP contribution in [0.25, 0.3) is 0 Å².